The fourth-order valence-electron chi connectivity index (χ4n) is 6.25. The monoisotopic (exact) mass is 508 g/mol. The number of aliphatic hydroxyl groups is 1. The number of hydrogen-bond donors (Lipinski definition) is 2. The Kier molecular flexibility index (Phi) is 9.27. The van der Waals surface area contributed by atoms with E-state index in [-0.39, 0.29) is 23.8 Å². The molecule has 1 saturated carbocycles. The van der Waals surface area contributed by atoms with E-state index in [4.69, 9.17) is 15.2 Å². The molecule has 4 rings (SSSR count). The lowest BCUT2D eigenvalue weighted by Gasteiger charge is -2.44. The highest BCUT2D eigenvalue weighted by atomic mass is 16.5. The van der Waals surface area contributed by atoms with E-state index in [1.165, 1.54) is 0 Å². The van der Waals surface area contributed by atoms with Gasteiger partial charge in [-0.05, 0) is 82.4 Å². The molecule has 1 aliphatic carbocycles. The number of unbranched alkanes of at least 4 members (excludes halogenated alkanes) is 1. The molecule has 1 amide bonds. The van der Waals surface area contributed by atoms with Crippen LogP contribution in [0.5, 0.6) is 11.5 Å². The second-order valence-electron chi connectivity index (χ2n) is 11.1. The van der Waals surface area contributed by atoms with Crippen LogP contribution in [0.3, 0.4) is 0 Å². The Morgan fingerprint density at radius 2 is 1.84 bits per heavy atom. The molecule has 37 heavy (non-hydrogen) atoms. The number of carbonyl (C=O) groups is 1. The molecular formula is C31H44N2O4. The number of nitrogens with zero attached hydrogens (tertiary/aromatic N) is 1. The van der Waals surface area contributed by atoms with Gasteiger partial charge in [0.1, 0.15) is 11.5 Å². The SMILES string of the molecule is COCCCCC(O)(c1ccccc1Oc1c(C)cccc1C)C1CCCN(C(=O)C2CCC(N)C2)C1. The number of aryl methyl sites for hydroxylation is 2. The molecule has 4 atom stereocenters. The standard InChI is InChI=1S/C31H44N2O4/c1-22-10-8-11-23(2)29(22)37-28-14-5-4-13-27(28)31(35,17-6-7-19-36-3)25-12-9-18-33(21-25)30(34)24-15-16-26(32)20-24/h4-5,8,10-11,13-14,24-26,35H,6-7,9,12,15-21,32H2,1-3H3. The fourth-order valence-corrected chi connectivity index (χ4v) is 6.25. The van der Waals surface area contributed by atoms with Crippen molar-refractivity contribution in [1.29, 1.82) is 0 Å². The van der Waals surface area contributed by atoms with E-state index in [0.29, 0.717) is 25.3 Å². The smallest absolute Gasteiger partial charge is 0.225 e. The Hall–Kier alpha value is -2.41. The molecule has 6 heteroatoms. The van der Waals surface area contributed by atoms with Gasteiger partial charge in [0, 0.05) is 50.2 Å². The van der Waals surface area contributed by atoms with Gasteiger partial charge in [-0.15, -0.1) is 0 Å². The average Bonchev–Trinajstić information content (AvgIpc) is 3.35. The number of piperidine rings is 1. The third-order valence-corrected chi connectivity index (χ3v) is 8.36. The Morgan fingerprint density at radius 1 is 1.08 bits per heavy atom. The van der Waals surface area contributed by atoms with Gasteiger partial charge in [-0.25, -0.2) is 0 Å². The topological polar surface area (TPSA) is 85.0 Å². The van der Waals surface area contributed by atoms with E-state index in [1.54, 1.807) is 7.11 Å². The van der Waals surface area contributed by atoms with Gasteiger partial charge in [-0.2, -0.15) is 0 Å². The largest absolute Gasteiger partial charge is 0.456 e. The summed E-state index contributed by atoms with van der Waals surface area (Å²) in [5.41, 5.74) is 7.91. The third kappa shape index (κ3) is 6.36. The van der Waals surface area contributed by atoms with Crippen LogP contribution in [0, 0.1) is 25.7 Å². The number of para-hydroxylation sites is 2. The quantitative estimate of drug-likeness (QED) is 0.416. The second kappa shape index (κ2) is 12.4. The van der Waals surface area contributed by atoms with Gasteiger partial charge in [0.25, 0.3) is 0 Å². The van der Waals surface area contributed by atoms with Crippen LogP contribution in [0.4, 0.5) is 0 Å². The summed E-state index contributed by atoms with van der Waals surface area (Å²) in [5, 5.41) is 12.5. The highest BCUT2D eigenvalue weighted by Gasteiger charge is 2.44. The van der Waals surface area contributed by atoms with Gasteiger partial charge in [0.05, 0.1) is 5.60 Å². The van der Waals surface area contributed by atoms with Crippen LogP contribution in [-0.2, 0) is 15.1 Å². The van der Waals surface area contributed by atoms with Crippen molar-refractivity contribution in [2.45, 2.75) is 76.9 Å². The third-order valence-electron chi connectivity index (χ3n) is 8.36. The molecule has 2 aliphatic rings. The van der Waals surface area contributed by atoms with Crippen LogP contribution in [0.1, 0.15) is 68.1 Å². The lowest BCUT2D eigenvalue weighted by molar-refractivity contribution is -0.141. The number of hydrogen-bond acceptors (Lipinski definition) is 5. The maximum absolute atomic E-state index is 13.4. The van der Waals surface area contributed by atoms with Gasteiger partial charge in [0.2, 0.25) is 5.91 Å². The van der Waals surface area contributed by atoms with Gasteiger partial charge < -0.3 is 25.2 Å². The molecule has 6 nitrogen and oxygen atoms in total. The van der Waals surface area contributed by atoms with Crippen molar-refractivity contribution >= 4 is 5.91 Å². The first-order valence-corrected chi connectivity index (χ1v) is 13.9. The minimum atomic E-state index is -1.12. The summed E-state index contributed by atoms with van der Waals surface area (Å²) < 4.78 is 11.8. The van der Waals surface area contributed by atoms with Crippen molar-refractivity contribution in [2.24, 2.45) is 17.6 Å². The molecule has 4 unspecified atom stereocenters. The minimum absolute atomic E-state index is 0.0168. The molecule has 0 spiro atoms. The van der Waals surface area contributed by atoms with Gasteiger partial charge >= 0.3 is 0 Å². The first-order valence-electron chi connectivity index (χ1n) is 13.9. The van der Waals surface area contributed by atoms with E-state index in [1.807, 2.05) is 61.2 Å². The van der Waals surface area contributed by atoms with Crippen LogP contribution < -0.4 is 10.5 Å². The first-order chi connectivity index (χ1) is 17.8. The molecule has 0 aromatic heterocycles. The summed E-state index contributed by atoms with van der Waals surface area (Å²) in [6, 6.07) is 14.1. The molecule has 1 saturated heterocycles. The van der Waals surface area contributed by atoms with Gasteiger partial charge in [0.15, 0.2) is 0 Å². The maximum atomic E-state index is 13.4. The number of rotatable bonds is 10. The maximum Gasteiger partial charge on any atom is 0.225 e. The van der Waals surface area contributed by atoms with Crippen molar-refractivity contribution in [3.8, 4) is 11.5 Å². The van der Waals surface area contributed by atoms with Gasteiger partial charge in [-0.1, -0.05) is 36.4 Å². The lowest BCUT2D eigenvalue weighted by Crippen LogP contribution is -2.49. The fraction of sp³-hybridized carbons (Fsp3) is 0.581. The molecule has 1 aliphatic heterocycles. The van der Waals surface area contributed by atoms with Crippen molar-refractivity contribution in [2.75, 3.05) is 26.8 Å². The number of nitrogens with two attached hydrogens (primary N) is 1. The van der Waals surface area contributed by atoms with Crippen molar-refractivity contribution in [3.63, 3.8) is 0 Å². The highest BCUT2D eigenvalue weighted by molar-refractivity contribution is 5.79. The summed E-state index contributed by atoms with van der Waals surface area (Å²) >= 11 is 0. The lowest BCUT2D eigenvalue weighted by atomic mass is 9.73. The van der Waals surface area contributed by atoms with Crippen LogP contribution in [0.25, 0.3) is 0 Å². The second-order valence-corrected chi connectivity index (χ2v) is 11.1. The zero-order valence-electron chi connectivity index (χ0n) is 22.7. The summed E-state index contributed by atoms with van der Waals surface area (Å²) in [6.07, 6.45) is 6.59. The number of benzene rings is 2. The predicted octanol–water partition coefficient (Wildman–Crippen LogP) is 5.47. The number of ether oxygens (including phenoxy) is 2. The Labute approximate surface area is 222 Å². The first kappa shape index (κ1) is 27.6. The Bertz CT molecular complexity index is 1040. The van der Waals surface area contributed by atoms with Crippen LogP contribution in [-0.4, -0.2) is 48.8 Å². The number of methoxy groups -OCH3 is 1. The van der Waals surface area contributed by atoms with Crippen LogP contribution in [0.2, 0.25) is 0 Å². The summed E-state index contributed by atoms with van der Waals surface area (Å²) in [5.74, 6) is 1.65. The molecule has 3 N–H and O–H groups in total. The van der Waals surface area contributed by atoms with Crippen molar-refractivity contribution < 1.29 is 19.4 Å². The van der Waals surface area contributed by atoms with Crippen molar-refractivity contribution in [3.05, 3.63) is 59.2 Å². The van der Waals surface area contributed by atoms with E-state index in [9.17, 15) is 9.90 Å². The van der Waals surface area contributed by atoms with Crippen LogP contribution >= 0.6 is 0 Å². The summed E-state index contributed by atoms with van der Waals surface area (Å²) in [4.78, 5) is 15.4. The number of likely N-dealkylation sites (tertiary alicyclic amines) is 1. The van der Waals surface area contributed by atoms with Crippen LogP contribution in [0.15, 0.2) is 42.5 Å². The molecule has 2 aromatic carbocycles. The zero-order valence-corrected chi connectivity index (χ0v) is 22.7. The number of carbonyl (C=O) groups excluding carboxylic acids is 1. The molecular weight excluding hydrogens is 464 g/mol. The summed E-state index contributed by atoms with van der Waals surface area (Å²) in [6.45, 7) is 6.06. The van der Waals surface area contributed by atoms with Gasteiger partial charge in [-0.3, -0.25) is 4.79 Å². The summed E-state index contributed by atoms with van der Waals surface area (Å²) in [7, 11) is 1.71. The van der Waals surface area contributed by atoms with E-state index < -0.39 is 5.60 Å². The van der Waals surface area contributed by atoms with E-state index in [2.05, 4.69) is 0 Å². The van der Waals surface area contributed by atoms with E-state index >= 15 is 0 Å². The molecule has 0 bridgehead atoms. The Balaban J connectivity index is 1.63. The predicted molar refractivity (Wildman–Crippen MR) is 147 cm³/mol. The highest BCUT2D eigenvalue weighted by Crippen LogP contribution is 2.45. The molecule has 2 fully saturated rings. The molecule has 2 aromatic rings. The van der Waals surface area contributed by atoms with Crippen molar-refractivity contribution in [1.82, 2.24) is 4.90 Å². The average molecular weight is 509 g/mol. The zero-order chi connectivity index (χ0) is 26.4. The number of amides is 1. The van der Waals surface area contributed by atoms with E-state index in [0.717, 1.165) is 73.9 Å². The Morgan fingerprint density at radius 3 is 2.54 bits per heavy atom. The minimum Gasteiger partial charge on any atom is -0.456 e. The molecule has 202 valence electrons. The molecule has 1 heterocycles. The molecule has 0 radical (unpaired) electrons. The normalized spacial score (nSPS) is 23.6.